The molecular weight excluding hydrogens is 224 g/mol. The third kappa shape index (κ3) is 2.83. The number of ether oxygens (including phenoxy) is 1. The number of imidazole rings is 1. The number of carboxylic acids is 1. The highest BCUT2D eigenvalue weighted by molar-refractivity contribution is 5.66. The molecule has 0 aromatic carbocycles. The van der Waals surface area contributed by atoms with Crippen LogP contribution in [0.2, 0.25) is 0 Å². The van der Waals surface area contributed by atoms with Crippen molar-refractivity contribution in [3.8, 4) is 0 Å². The number of rotatable bonds is 6. The molecule has 1 saturated heterocycles. The van der Waals surface area contributed by atoms with E-state index in [9.17, 15) is 9.90 Å². The van der Waals surface area contributed by atoms with Crippen LogP contribution in [-0.4, -0.2) is 38.4 Å². The maximum atomic E-state index is 10.5. The van der Waals surface area contributed by atoms with E-state index in [1.54, 1.807) is 6.20 Å². The quantitative estimate of drug-likeness (QED) is 0.741. The summed E-state index contributed by atoms with van der Waals surface area (Å²) in [6.45, 7) is 1.28. The minimum atomic E-state index is -0.830. The van der Waals surface area contributed by atoms with Gasteiger partial charge in [-0.15, -0.1) is 0 Å². The van der Waals surface area contributed by atoms with Crippen LogP contribution < -0.4 is 0 Å². The van der Waals surface area contributed by atoms with Crippen LogP contribution in [0.25, 0.3) is 0 Å². The molecule has 6 heteroatoms. The van der Waals surface area contributed by atoms with Gasteiger partial charge in [0.1, 0.15) is 12.4 Å². The second-order valence-electron chi connectivity index (χ2n) is 4.11. The molecule has 1 aromatic heterocycles. The molecule has 1 aliphatic heterocycles. The number of aryl methyl sites for hydroxylation is 1. The Kier molecular flexibility index (Phi) is 3.75. The predicted octanol–water partition coefficient (Wildman–Crippen LogP) is 0.181. The maximum absolute atomic E-state index is 10.5. The van der Waals surface area contributed by atoms with Gasteiger partial charge < -0.3 is 19.5 Å². The SMILES string of the molecule is O=C(O)CCc1cnc(CO)n1C[C@@H]1CCO1. The van der Waals surface area contributed by atoms with Crippen LogP contribution in [0.1, 0.15) is 24.4 Å². The van der Waals surface area contributed by atoms with Crippen LogP contribution in [0, 0.1) is 0 Å². The number of aliphatic hydroxyl groups excluding tert-OH is 1. The normalized spacial score (nSPS) is 19.0. The van der Waals surface area contributed by atoms with Crippen LogP contribution in [0.3, 0.4) is 0 Å². The van der Waals surface area contributed by atoms with Crippen LogP contribution >= 0.6 is 0 Å². The zero-order chi connectivity index (χ0) is 12.3. The average molecular weight is 240 g/mol. The molecule has 0 radical (unpaired) electrons. The number of carbonyl (C=O) groups is 1. The Bertz CT molecular complexity index is 398. The molecule has 0 unspecified atom stereocenters. The predicted molar refractivity (Wildman–Crippen MR) is 58.5 cm³/mol. The van der Waals surface area contributed by atoms with Gasteiger partial charge in [-0.05, 0) is 12.8 Å². The summed E-state index contributed by atoms with van der Waals surface area (Å²) in [5.41, 5.74) is 0.840. The lowest BCUT2D eigenvalue weighted by Gasteiger charge is -2.28. The van der Waals surface area contributed by atoms with Gasteiger partial charge in [0.25, 0.3) is 0 Å². The third-order valence-electron chi connectivity index (χ3n) is 2.94. The van der Waals surface area contributed by atoms with Crippen LogP contribution in [0.15, 0.2) is 6.20 Å². The summed E-state index contributed by atoms with van der Waals surface area (Å²) in [5, 5.41) is 17.8. The molecule has 17 heavy (non-hydrogen) atoms. The van der Waals surface area contributed by atoms with Crippen LogP contribution in [0.5, 0.6) is 0 Å². The minimum absolute atomic E-state index is 0.0715. The summed E-state index contributed by atoms with van der Waals surface area (Å²) in [6.07, 6.45) is 3.30. The van der Waals surface area contributed by atoms with E-state index in [0.717, 1.165) is 18.7 Å². The number of aliphatic carboxylic acids is 1. The maximum Gasteiger partial charge on any atom is 0.303 e. The monoisotopic (exact) mass is 240 g/mol. The zero-order valence-corrected chi connectivity index (χ0v) is 9.50. The molecule has 2 N–H and O–H groups in total. The van der Waals surface area contributed by atoms with Gasteiger partial charge in [0, 0.05) is 18.5 Å². The summed E-state index contributed by atoms with van der Waals surface area (Å²) >= 11 is 0. The molecule has 0 spiro atoms. The molecule has 2 rings (SSSR count). The van der Waals surface area contributed by atoms with Crippen molar-refractivity contribution in [2.24, 2.45) is 0 Å². The summed E-state index contributed by atoms with van der Waals surface area (Å²) in [5.74, 6) is -0.260. The second kappa shape index (κ2) is 5.29. The molecular formula is C11H16N2O4. The highest BCUT2D eigenvalue weighted by Crippen LogP contribution is 2.17. The zero-order valence-electron chi connectivity index (χ0n) is 9.50. The van der Waals surface area contributed by atoms with Gasteiger partial charge in [0.05, 0.1) is 19.1 Å². The molecule has 0 saturated carbocycles. The van der Waals surface area contributed by atoms with Crippen molar-refractivity contribution in [2.75, 3.05) is 6.61 Å². The van der Waals surface area contributed by atoms with Gasteiger partial charge >= 0.3 is 5.97 Å². The smallest absolute Gasteiger partial charge is 0.303 e. The Balaban J connectivity index is 2.07. The van der Waals surface area contributed by atoms with E-state index >= 15 is 0 Å². The van der Waals surface area contributed by atoms with Gasteiger partial charge in [0.2, 0.25) is 0 Å². The molecule has 6 nitrogen and oxygen atoms in total. The Labute approximate surface area is 98.8 Å². The van der Waals surface area contributed by atoms with E-state index in [-0.39, 0.29) is 19.1 Å². The molecule has 2 heterocycles. The molecule has 1 fully saturated rings. The number of aliphatic hydroxyl groups is 1. The summed E-state index contributed by atoms with van der Waals surface area (Å²) in [6, 6.07) is 0. The molecule has 0 aliphatic carbocycles. The Morgan fingerprint density at radius 2 is 2.41 bits per heavy atom. The summed E-state index contributed by atoms with van der Waals surface area (Å²) < 4.78 is 7.21. The first-order chi connectivity index (χ1) is 8.20. The highest BCUT2D eigenvalue weighted by Gasteiger charge is 2.21. The number of hydrogen-bond acceptors (Lipinski definition) is 4. The topological polar surface area (TPSA) is 84.6 Å². The fourth-order valence-electron chi connectivity index (χ4n) is 1.87. The lowest BCUT2D eigenvalue weighted by atomic mass is 10.2. The van der Waals surface area contributed by atoms with E-state index in [1.807, 2.05) is 4.57 Å². The van der Waals surface area contributed by atoms with Crippen LogP contribution in [-0.2, 0) is 29.1 Å². The highest BCUT2D eigenvalue weighted by atomic mass is 16.5. The van der Waals surface area contributed by atoms with E-state index in [0.29, 0.717) is 18.8 Å². The molecule has 1 aliphatic rings. The Hall–Kier alpha value is -1.40. The number of nitrogens with zero attached hydrogens (tertiary/aromatic N) is 2. The van der Waals surface area contributed by atoms with Crippen LogP contribution in [0.4, 0.5) is 0 Å². The standard InChI is InChI=1S/C11H16N2O4/c14-7-10-12-5-8(1-2-11(15)16)13(10)6-9-3-4-17-9/h5,9,14H,1-4,6-7H2,(H,15,16)/t9-/m0/s1. The van der Waals surface area contributed by atoms with Gasteiger partial charge in [0.15, 0.2) is 0 Å². The van der Waals surface area contributed by atoms with Crippen molar-refractivity contribution in [3.05, 3.63) is 17.7 Å². The van der Waals surface area contributed by atoms with Crippen molar-refractivity contribution in [1.29, 1.82) is 0 Å². The fourth-order valence-corrected chi connectivity index (χ4v) is 1.87. The van der Waals surface area contributed by atoms with Gasteiger partial charge in [-0.1, -0.05) is 0 Å². The van der Waals surface area contributed by atoms with Gasteiger partial charge in [-0.2, -0.15) is 0 Å². The lowest BCUT2D eigenvalue weighted by Crippen LogP contribution is -2.32. The number of carboxylic acid groups (broad SMARTS) is 1. The second-order valence-corrected chi connectivity index (χ2v) is 4.11. The van der Waals surface area contributed by atoms with Crippen molar-refractivity contribution >= 4 is 5.97 Å². The number of aromatic nitrogens is 2. The first-order valence-electron chi connectivity index (χ1n) is 5.68. The largest absolute Gasteiger partial charge is 0.481 e. The molecule has 0 bridgehead atoms. The van der Waals surface area contributed by atoms with E-state index in [1.165, 1.54) is 0 Å². The van der Waals surface area contributed by atoms with Crippen molar-refractivity contribution in [1.82, 2.24) is 9.55 Å². The third-order valence-corrected chi connectivity index (χ3v) is 2.94. The fraction of sp³-hybridized carbons (Fsp3) is 0.636. The average Bonchev–Trinajstić information content (AvgIpc) is 2.62. The number of hydrogen-bond donors (Lipinski definition) is 2. The molecule has 1 aromatic rings. The van der Waals surface area contributed by atoms with Crippen molar-refractivity contribution < 1.29 is 19.7 Å². The van der Waals surface area contributed by atoms with Gasteiger partial charge in [-0.3, -0.25) is 4.79 Å². The van der Waals surface area contributed by atoms with E-state index < -0.39 is 5.97 Å². The minimum Gasteiger partial charge on any atom is -0.481 e. The first kappa shape index (κ1) is 12.1. The van der Waals surface area contributed by atoms with Crippen molar-refractivity contribution in [3.63, 3.8) is 0 Å². The van der Waals surface area contributed by atoms with E-state index in [2.05, 4.69) is 4.98 Å². The summed E-state index contributed by atoms with van der Waals surface area (Å²) in [4.78, 5) is 14.6. The Morgan fingerprint density at radius 3 is 2.94 bits per heavy atom. The molecule has 1 atom stereocenters. The van der Waals surface area contributed by atoms with Gasteiger partial charge in [-0.25, -0.2) is 4.98 Å². The molecule has 94 valence electrons. The van der Waals surface area contributed by atoms with Crippen molar-refractivity contribution in [2.45, 2.75) is 38.5 Å². The summed E-state index contributed by atoms with van der Waals surface area (Å²) in [7, 11) is 0. The molecule has 0 amide bonds. The van der Waals surface area contributed by atoms with E-state index in [4.69, 9.17) is 9.84 Å². The Morgan fingerprint density at radius 1 is 1.65 bits per heavy atom. The lowest BCUT2D eigenvalue weighted by molar-refractivity contribution is -0.136. The first-order valence-corrected chi connectivity index (χ1v) is 5.68.